The number of rotatable bonds is 3. The Bertz CT molecular complexity index is 838. The molecule has 0 saturated heterocycles. The van der Waals surface area contributed by atoms with Crippen LogP contribution in [0.15, 0.2) is 23.8 Å². The lowest BCUT2D eigenvalue weighted by atomic mass is 9.44. The van der Waals surface area contributed by atoms with E-state index >= 15 is 0 Å². The summed E-state index contributed by atoms with van der Waals surface area (Å²) >= 11 is 0. The Labute approximate surface area is 164 Å². The van der Waals surface area contributed by atoms with Crippen molar-refractivity contribution in [2.45, 2.75) is 51.7 Å². The summed E-state index contributed by atoms with van der Waals surface area (Å²) in [5.41, 5.74) is -0.952. The molecule has 28 heavy (non-hydrogen) atoms. The standard InChI is InChI=1S/C22H28O6/c1-11-4-13-7-14(10-23)22(27)18(9-21(22,3)16(13)5-11)28-20(26)19-12(2)6-15(24)8-17(19)25/h6-8,11,13,16,18,23-25,27H,4-5,9-10H2,1-3H3. The van der Waals surface area contributed by atoms with Crippen LogP contribution in [0.3, 0.4) is 0 Å². The number of phenols is 2. The number of hydrogen-bond acceptors (Lipinski definition) is 6. The van der Waals surface area contributed by atoms with Gasteiger partial charge in [-0.1, -0.05) is 19.9 Å². The maximum atomic E-state index is 12.7. The molecule has 6 unspecified atom stereocenters. The Morgan fingerprint density at radius 1 is 1.29 bits per heavy atom. The number of esters is 1. The molecule has 6 atom stereocenters. The Balaban J connectivity index is 1.64. The fourth-order valence-electron chi connectivity index (χ4n) is 6.07. The highest BCUT2D eigenvalue weighted by Gasteiger charge is 2.71. The number of carbonyl (C=O) groups excluding carboxylic acids is 1. The molecule has 2 fully saturated rings. The average molecular weight is 388 g/mol. The van der Waals surface area contributed by atoms with Gasteiger partial charge in [0.25, 0.3) is 0 Å². The smallest absolute Gasteiger partial charge is 0.342 e. The molecule has 152 valence electrons. The molecule has 0 aromatic heterocycles. The number of aryl methyl sites for hydroxylation is 1. The number of carbonyl (C=O) groups is 1. The fraction of sp³-hybridized carbons (Fsp3) is 0.591. The predicted molar refractivity (Wildman–Crippen MR) is 102 cm³/mol. The molecule has 3 aliphatic rings. The number of phenolic OH excluding ortho intramolecular Hbond substituents is 2. The van der Waals surface area contributed by atoms with Gasteiger partial charge in [0.1, 0.15) is 28.8 Å². The molecule has 1 aromatic rings. The van der Waals surface area contributed by atoms with Gasteiger partial charge in [0.2, 0.25) is 0 Å². The molecule has 6 heteroatoms. The Morgan fingerprint density at radius 3 is 2.64 bits per heavy atom. The third-order valence-corrected chi connectivity index (χ3v) is 7.44. The molecule has 4 N–H and O–H groups in total. The van der Waals surface area contributed by atoms with Crippen molar-refractivity contribution in [2.24, 2.45) is 23.2 Å². The molecule has 4 rings (SSSR count). The normalized spacial score (nSPS) is 38.8. The molecule has 0 amide bonds. The van der Waals surface area contributed by atoms with E-state index in [-0.39, 0.29) is 23.7 Å². The van der Waals surface area contributed by atoms with Crippen molar-refractivity contribution < 1.29 is 30.0 Å². The van der Waals surface area contributed by atoms with E-state index in [2.05, 4.69) is 6.92 Å². The molecule has 6 nitrogen and oxygen atoms in total. The zero-order valence-corrected chi connectivity index (χ0v) is 16.5. The van der Waals surface area contributed by atoms with Crippen LogP contribution in [0.5, 0.6) is 11.5 Å². The van der Waals surface area contributed by atoms with E-state index in [4.69, 9.17) is 4.74 Å². The zero-order chi connectivity index (χ0) is 20.4. The summed E-state index contributed by atoms with van der Waals surface area (Å²) in [6.45, 7) is 5.56. The van der Waals surface area contributed by atoms with E-state index in [1.54, 1.807) is 6.92 Å². The van der Waals surface area contributed by atoms with Crippen LogP contribution in [0.2, 0.25) is 0 Å². The number of aliphatic hydroxyl groups is 2. The second kappa shape index (κ2) is 6.22. The number of hydrogen-bond donors (Lipinski definition) is 4. The number of allylic oxidation sites excluding steroid dienone is 1. The molecular formula is C22H28O6. The third-order valence-electron chi connectivity index (χ3n) is 7.44. The van der Waals surface area contributed by atoms with Crippen LogP contribution in [0.1, 0.15) is 49.0 Å². The monoisotopic (exact) mass is 388 g/mol. The second-order valence-electron chi connectivity index (χ2n) is 9.14. The summed E-state index contributed by atoms with van der Waals surface area (Å²) in [6.07, 6.45) is 3.77. The van der Waals surface area contributed by atoms with Crippen LogP contribution >= 0.6 is 0 Å². The fourth-order valence-corrected chi connectivity index (χ4v) is 6.07. The largest absolute Gasteiger partial charge is 0.508 e. The van der Waals surface area contributed by atoms with Crippen LogP contribution in [0, 0.1) is 30.1 Å². The van der Waals surface area contributed by atoms with Crippen LogP contribution < -0.4 is 0 Å². The van der Waals surface area contributed by atoms with Gasteiger partial charge in [-0.25, -0.2) is 4.79 Å². The first-order valence-electron chi connectivity index (χ1n) is 9.89. The van der Waals surface area contributed by atoms with E-state index in [0.717, 1.165) is 18.9 Å². The van der Waals surface area contributed by atoms with Crippen molar-refractivity contribution in [3.63, 3.8) is 0 Å². The molecule has 2 saturated carbocycles. The first kappa shape index (κ1) is 19.3. The van der Waals surface area contributed by atoms with Gasteiger partial charge in [0, 0.05) is 11.5 Å². The van der Waals surface area contributed by atoms with Crippen molar-refractivity contribution in [1.29, 1.82) is 0 Å². The molecule has 0 spiro atoms. The lowest BCUT2D eigenvalue weighted by Crippen LogP contribution is -2.73. The van der Waals surface area contributed by atoms with E-state index < -0.39 is 23.1 Å². The maximum absolute atomic E-state index is 12.7. The summed E-state index contributed by atoms with van der Waals surface area (Å²) in [7, 11) is 0. The van der Waals surface area contributed by atoms with Gasteiger partial charge in [0.15, 0.2) is 0 Å². The molecule has 3 aliphatic carbocycles. The van der Waals surface area contributed by atoms with Crippen LogP contribution in [-0.2, 0) is 4.74 Å². The van der Waals surface area contributed by atoms with Crippen molar-refractivity contribution in [3.05, 3.63) is 34.9 Å². The second-order valence-corrected chi connectivity index (χ2v) is 9.14. The van der Waals surface area contributed by atoms with Crippen molar-refractivity contribution in [3.8, 4) is 11.5 Å². The minimum atomic E-state index is -1.40. The molecule has 1 aromatic carbocycles. The molecular weight excluding hydrogens is 360 g/mol. The van der Waals surface area contributed by atoms with E-state index in [1.807, 2.05) is 13.0 Å². The van der Waals surface area contributed by atoms with Gasteiger partial charge < -0.3 is 25.2 Å². The van der Waals surface area contributed by atoms with Crippen molar-refractivity contribution >= 4 is 5.97 Å². The molecule has 0 heterocycles. The SMILES string of the molecule is Cc1cc(O)cc(O)c1C(=O)OC1CC2(C)C3CC(C)CC3C=C(CO)C12O. The maximum Gasteiger partial charge on any atom is 0.342 e. The third kappa shape index (κ3) is 2.44. The lowest BCUT2D eigenvalue weighted by molar-refractivity contribution is -0.249. The van der Waals surface area contributed by atoms with Crippen LogP contribution in [0.4, 0.5) is 0 Å². The zero-order valence-electron chi connectivity index (χ0n) is 16.5. The van der Waals surface area contributed by atoms with E-state index in [0.29, 0.717) is 35.3 Å². The Morgan fingerprint density at radius 2 is 2.00 bits per heavy atom. The summed E-state index contributed by atoms with van der Waals surface area (Å²) in [5.74, 6) is -0.0503. The number of aliphatic hydroxyl groups excluding tert-OH is 1. The topological polar surface area (TPSA) is 107 Å². The van der Waals surface area contributed by atoms with Crippen LogP contribution in [0.25, 0.3) is 0 Å². The number of aromatic hydroxyl groups is 2. The molecule has 0 radical (unpaired) electrons. The van der Waals surface area contributed by atoms with Crippen molar-refractivity contribution in [2.75, 3.05) is 6.61 Å². The summed E-state index contributed by atoms with van der Waals surface area (Å²) in [5, 5.41) is 41.2. The Kier molecular flexibility index (Phi) is 4.28. The first-order chi connectivity index (χ1) is 13.1. The number of fused-ring (bicyclic) bond motifs is 3. The highest BCUT2D eigenvalue weighted by molar-refractivity contribution is 5.94. The highest BCUT2D eigenvalue weighted by Crippen LogP contribution is 2.67. The van der Waals surface area contributed by atoms with Gasteiger partial charge in [-0.3, -0.25) is 0 Å². The average Bonchev–Trinajstić information content (AvgIpc) is 2.97. The van der Waals surface area contributed by atoms with Gasteiger partial charge in [-0.05, 0) is 61.1 Å². The van der Waals surface area contributed by atoms with Crippen molar-refractivity contribution in [1.82, 2.24) is 0 Å². The van der Waals surface area contributed by atoms with E-state index in [1.165, 1.54) is 6.07 Å². The molecule has 0 aliphatic heterocycles. The quantitative estimate of drug-likeness (QED) is 0.468. The van der Waals surface area contributed by atoms with Gasteiger partial charge >= 0.3 is 5.97 Å². The number of ether oxygens (including phenoxy) is 1. The summed E-state index contributed by atoms with van der Waals surface area (Å²) < 4.78 is 5.64. The summed E-state index contributed by atoms with van der Waals surface area (Å²) in [6, 6.07) is 2.47. The first-order valence-corrected chi connectivity index (χ1v) is 9.89. The predicted octanol–water partition coefficient (Wildman–Crippen LogP) is 2.67. The lowest BCUT2D eigenvalue weighted by Gasteiger charge is -2.65. The molecule has 0 bridgehead atoms. The summed E-state index contributed by atoms with van der Waals surface area (Å²) in [4.78, 5) is 12.7. The van der Waals surface area contributed by atoms with E-state index in [9.17, 15) is 25.2 Å². The minimum absolute atomic E-state index is 0.0206. The minimum Gasteiger partial charge on any atom is -0.508 e. The number of benzene rings is 1. The van der Waals surface area contributed by atoms with Gasteiger partial charge in [0.05, 0.1) is 6.61 Å². The highest BCUT2D eigenvalue weighted by atomic mass is 16.6. The van der Waals surface area contributed by atoms with Crippen LogP contribution in [-0.4, -0.2) is 44.7 Å². The van der Waals surface area contributed by atoms with Gasteiger partial charge in [-0.2, -0.15) is 0 Å². The Hall–Kier alpha value is -2.05. The van der Waals surface area contributed by atoms with Gasteiger partial charge in [-0.15, -0.1) is 0 Å².